The molecule has 0 bridgehead atoms. The fraction of sp³-hybridized carbons (Fsp3) is 0.323. The van der Waals surface area contributed by atoms with Crippen LogP contribution in [0.4, 0.5) is 17.5 Å². The van der Waals surface area contributed by atoms with Crippen molar-refractivity contribution < 1.29 is 4.79 Å². The van der Waals surface area contributed by atoms with Crippen LogP contribution in [0.1, 0.15) is 36.0 Å². The first-order chi connectivity index (χ1) is 18.5. The topological polar surface area (TPSA) is 73.4 Å². The summed E-state index contributed by atoms with van der Waals surface area (Å²) in [6.07, 6.45) is 3.11. The number of hydrogen-bond donors (Lipinski definition) is 2. The standard InChI is InChI=1S/C31H36N6O/c1-22-10-9-13-26-28(22)34-31(36(2)3)35-29(26)32-20-23-15-17-25(18-16-23)33-30(38)27-14-7-8-19-37(27)21-24-11-5-4-6-12-24/h4-6,9-13,15-18,27H,7-8,14,19-21H2,1-3H3,(H,33,38)(H,32,34,35). The van der Waals surface area contributed by atoms with E-state index in [2.05, 4.69) is 58.9 Å². The van der Waals surface area contributed by atoms with Crippen molar-refractivity contribution in [2.24, 2.45) is 0 Å². The van der Waals surface area contributed by atoms with Crippen LogP contribution >= 0.6 is 0 Å². The number of nitrogens with zero attached hydrogens (tertiary/aromatic N) is 4. The summed E-state index contributed by atoms with van der Waals surface area (Å²) in [6, 6.07) is 24.5. The molecule has 7 nitrogen and oxygen atoms in total. The average Bonchev–Trinajstić information content (AvgIpc) is 2.93. The number of carbonyl (C=O) groups excluding carboxylic acids is 1. The summed E-state index contributed by atoms with van der Waals surface area (Å²) in [6.45, 7) is 4.44. The number of hydrogen-bond acceptors (Lipinski definition) is 6. The second-order valence-corrected chi connectivity index (χ2v) is 10.2. The van der Waals surface area contributed by atoms with Crippen LogP contribution in [0.3, 0.4) is 0 Å². The van der Waals surface area contributed by atoms with Gasteiger partial charge in [0, 0.05) is 38.3 Å². The van der Waals surface area contributed by atoms with Gasteiger partial charge in [-0.2, -0.15) is 4.98 Å². The number of anilines is 3. The molecule has 1 saturated heterocycles. The highest BCUT2D eigenvalue weighted by molar-refractivity contribution is 5.95. The van der Waals surface area contributed by atoms with Gasteiger partial charge in [-0.25, -0.2) is 4.98 Å². The number of piperidine rings is 1. The quantitative estimate of drug-likeness (QED) is 0.322. The highest BCUT2D eigenvalue weighted by Crippen LogP contribution is 2.26. The Morgan fingerprint density at radius 1 is 0.947 bits per heavy atom. The van der Waals surface area contributed by atoms with E-state index in [9.17, 15) is 4.79 Å². The lowest BCUT2D eigenvalue weighted by Crippen LogP contribution is -2.46. The predicted molar refractivity (Wildman–Crippen MR) is 155 cm³/mol. The third-order valence-corrected chi connectivity index (χ3v) is 7.14. The summed E-state index contributed by atoms with van der Waals surface area (Å²) in [7, 11) is 3.90. The zero-order chi connectivity index (χ0) is 26.5. The molecule has 0 aliphatic carbocycles. The molecule has 1 aliphatic rings. The Bertz CT molecular complexity index is 1390. The minimum Gasteiger partial charge on any atom is -0.365 e. The number of fused-ring (bicyclic) bond motifs is 1. The number of para-hydroxylation sites is 1. The summed E-state index contributed by atoms with van der Waals surface area (Å²) in [5, 5.41) is 7.65. The van der Waals surface area contributed by atoms with Gasteiger partial charge >= 0.3 is 0 Å². The molecule has 3 aromatic carbocycles. The molecule has 7 heteroatoms. The number of aromatic nitrogens is 2. The first-order valence-corrected chi connectivity index (χ1v) is 13.3. The van der Waals surface area contributed by atoms with Crippen molar-refractivity contribution >= 4 is 34.3 Å². The third-order valence-electron chi connectivity index (χ3n) is 7.14. The molecule has 1 fully saturated rings. The van der Waals surface area contributed by atoms with Gasteiger partial charge in [0.15, 0.2) is 0 Å². The van der Waals surface area contributed by atoms with Crippen molar-refractivity contribution in [1.82, 2.24) is 14.9 Å². The number of aryl methyl sites for hydroxylation is 1. The van der Waals surface area contributed by atoms with Crippen LogP contribution in [-0.2, 0) is 17.9 Å². The Kier molecular flexibility index (Phi) is 7.84. The maximum atomic E-state index is 13.2. The van der Waals surface area contributed by atoms with Crippen molar-refractivity contribution in [3.63, 3.8) is 0 Å². The highest BCUT2D eigenvalue weighted by Gasteiger charge is 2.28. The maximum Gasteiger partial charge on any atom is 0.241 e. The van der Waals surface area contributed by atoms with Gasteiger partial charge in [-0.15, -0.1) is 0 Å². The molecule has 1 unspecified atom stereocenters. The Hall–Kier alpha value is -3.97. The van der Waals surface area contributed by atoms with Gasteiger partial charge in [-0.05, 0) is 61.2 Å². The number of rotatable bonds is 8. The van der Waals surface area contributed by atoms with E-state index in [0.717, 1.165) is 65.9 Å². The third kappa shape index (κ3) is 5.94. The van der Waals surface area contributed by atoms with E-state index in [-0.39, 0.29) is 11.9 Å². The zero-order valence-electron chi connectivity index (χ0n) is 22.4. The normalized spacial score (nSPS) is 15.8. The van der Waals surface area contributed by atoms with Gasteiger partial charge in [0.2, 0.25) is 11.9 Å². The van der Waals surface area contributed by atoms with Crippen molar-refractivity contribution in [2.45, 2.75) is 45.3 Å². The van der Waals surface area contributed by atoms with Gasteiger partial charge in [-0.3, -0.25) is 9.69 Å². The molecule has 0 radical (unpaired) electrons. The molecule has 5 rings (SSSR count). The van der Waals surface area contributed by atoms with Crippen LogP contribution in [0.2, 0.25) is 0 Å². The van der Waals surface area contributed by atoms with Crippen LogP contribution in [-0.4, -0.2) is 47.5 Å². The highest BCUT2D eigenvalue weighted by atomic mass is 16.2. The van der Waals surface area contributed by atoms with E-state index in [4.69, 9.17) is 9.97 Å². The van der Waals surface area contributed by atoms with E-state index in [0.29, 0.717) is 12.5 Å². The lowest BCUT2D eigenvalue weighted by Gasteiger charge is -2.34. The minimum absolute atomic E-state index is 0.0746. The number of likely N-dealkylation sites (tertiary alicyclic amines) is 1. The first-order valence-electron chi connectivity index (χ1n) is 13.3. The van der Waals surface area contributed by atoms with Crippen molar-refractivity contribution in [3.8, 4) is 0 Å². The predicted octanol–water partition coefficient (Wildman–Crippen LogP) is 5.61. The van der Waals surface area contributed by atoms with Gasteiger partial charge in [0.1, 0.15) is 5.82 Å². The first kappa shape index (κ1) is 25.7. The largest absolute Gasteiger partial charge is 0.365 e. The lowest BCUT2D eigenvalue weighted by molar-refractivity contribution is -0.122. The summed E-state index contributed by atoms with van der Waals surface area (Å²) in [4.78, 5) is 26.9. The van der Waals surface area contributed by atoms with Crippen LogP contribution in [0.25, 0.3) is 10.9 Å². The Labute approximate surface area is 224 Å². The molecule has 0 saturated carbocycles. The fourth-order valence-corrected chi connectivity index (χ4v) is 5.03. The summed E-state index contributed by atoms with van der Waals surface area (Å²) >= 11 is 0. The van der Waals surface area contributed by atoms with Crippen LogP contribution in [0.5, 0.6) is 0 Å². The zero-order valence-corrected chi connectivity index (χ0v) is 22.4. The second-order valence-electron chi connectivity index (χ2n) is 10.2. The SMILES string of the molecule is Cc1cccc2c(NCc3ccc(NC(=O)C4CCCCN4Cc4ccccc4)cc3)nc(N(C)C)nc12. The van der Waals surface area contributed by atoms with Crippen LogP contribution < -0.4 is 15.5 Å². The second kappa shape index (κ2) is 11.6. The van der Waals surface area contributed by atoms with E-state index in [1.807, 2.05) is 55.4 Å². The molecule has 4 aromatic rings. The Morgan fingerprint density at radius 3 is 2.50 bits per heavy atom. The summed E-state index contributed by atoms with van der Waals surface area (Å²) in [5.74, 6) is 1.57. The number of nitrogens with one attached hydrogen (secondary N) is 2. The Morgan fingerprint density at radius 2 is 1.74 bits per heavy atom. The van der Waals surface area contributed by atoms with Crippen molar-refractivity contribution in [2.75, 3.05) is 36.2 Å². The molecule has 196 valence electrons. The maximum absolute atomic E-state index is 13.2. The van der Waals surface area contributed by atoms with E-state index in [1.165, 1.54) is 5.56 Å². The molecule has 2 heterocycles. The average molecular weight is 509 g/mol. The van der Waals surface area contributed by atoms with Gasteiger partial charge in [-0.1, -0.05) is 61.0 Å². The van der Waals surface area contributed by atoms with Gasteiger partial charge < -0.3 is 15.5 Å². The van der Waals surface area contributed by atoms with Gasteiger partial charge in [0.05, 0.1) is 11.6 Å². The molecular weight excluding hydrogens is 472 g/mol. The number of carbonyl (C=O) groups is 1. The smallest absolute Gasteiger partial charge is 0.241 e. The van der Waals surface area contributed by atoms with E-state index < -0.39 is 0 Å². The fourth-order valence-electron chi connectivity index (χ4n) is 5.03. The molecule has 2 N–H and O–H groups in total. The monoisotopic (exact) mass is 508 g/mol. The van der Waals surface area contributed by atoms with Crippen LogP contribution in [0, 0.1) is 6.92 Å². The van der Waals surface area contributed by atoms with E-state index >= 15 is 0 Å². The van der Waals surface area contributed by atoms with Crippen molar-refractivity contribution in [1.29, 1.82) is 0 Å². The van der Waals surface area contributed by atoms with Gasteiger partial charge in [0.25, 0.3) is 0 Å². The van der Waals surface area contributed by atoms with Crippen LogP contribution in [0.15, 0.2) is 72.8 Å². The molecule has 38 heavy (non-hydrogen) atoms. The molecule has 1 amide bonds. The molecule has 1 aliphatic heterocycles. The number of amides is 1. The minimum atomic E-state index is -0.106. The number of benzene rings is 3. The molecule has 1 atom stereocenters. The Balaban J connectivity index is 1.24. The lowest BCUT2D eigenvalue weighted by atomic mass is 10.00. The van der Waals surface area contributed by atoms with Crippen molar-refractivity contribution in [3.05, 3.63) is 89.5 Å². The molecule has 1 aromatic heterocycles. The summed E-state index contributed by atoms with van der Waals surface area (Å²) in [5.41, 5.74) is 5.25. The van der Waals surface area contributed by atoms with E-state index in [1.54, 1.807) is 0 Å². The molecular formula is C31H36N6O. The summed E-state index contributed by atoms with van der Waals surface area (Å²) < 4.78 is 0. The molecule has 0 spiro atoms.